The third kappa shape index (κ3) is 5.22. The SMILES string of the molecule is Cc1cc(=O)oc2cc(O[C@H](C)C(=O)NNC(=S)NC3CCCCC3)ccc12. The highest BCUT2D eigenvalue weighted by molar-refractivity contribution is 7.80. The summed E-state index contributed by atoms with van der Waals surface area (Å²) in [6, 6.07) is 6.94. The first-order valence-electron chi connectivity index (χ1n) is 9.50. The van der Waals surface area contributed by atoms with Gasteiger partial charge in [-0.1, -0.05) is 19.3 Å². The van der Waals surface area contributed by atoms with E-state index < -0.39 is 11.7 Å². The summed E-state index contributed by atoms with van der Waals surface area (Å²) in [7, 11) is 0. The van der Waals surface area contributed by atoms with Crippen LogP contribution in [0.25, 0.3) is 11.0 Å². The number of aryl methyl sites for hydroxylation is 1. The van der Waals surface area contributed by atoms with Crippen molar-refractivity contribution in [1.82, 2.24) is 16.2 Å². The minimum absolute atomic E-state index is 0.357. The minimum atomic E-state index is -0.765. The largest absolute Gasteiger partial charge is 0.481 e. The van der Waals surface area contributed by atoms with Gasteiger partial charge in [0.2, 0.25) is 0 Å². The van der Waals surface area contributed by atoms with Crippen LogP contribution < -0.4 is 26.5 Å². The Morgan fingerprint density at radius 2 is 1.96 bits per heavy atom. The van der Waals surface area contributed by atoms with E-state index in [2.05, 4.69) is 16.2 Å². The Bertz CT molecular complexity index is 921. The molecule has 1 aliphatic carbocycles. The highest BCUT2D eigenvalue weighted by Crippen LogP contribution is 2.23. The highest BCUT2D eigenvalue weighted by Gasteiger charge is 2.17. The minimum Gasteiger partial charge on any atom is -0.481 e. The topological polar surface area (TPSA) is 92.6 Å². The number of carbonyl (C=O) groups is 1. The van der Waals surface area contributed by atoms with Gasteiger partial charge in [0.1, 0.15) is 11.3 Å². The first-order valence-corrected chi connectivity index (χ1v) is 9.91. The zero-order chi connectivity index (χ0) is 20.1. The summed E-state index contributed by atoms with van der Waals surface area (Å²) < 4.78 is 10.9. The third-order valence-electron chi connectivity index (χ3n) is 4.84. The molecule has 2 aromatic rings. The third-order valence-corrected chi connectivity index (χ3v) is 5.06. The molecular weight excluding hydrogens is 378 g/mol. The van der Waals surface area contributed by atoms with Gasteiger partial charge in [-0.05, 0) is 56.6 Å². The van der Waals surface area contributed by atoms with Gasteiger partial charge < -0.3 is 14.5 Å². The maximum atomic E-state index is 12.3. The molecule has 28 heavy (non-hydrogen) atoms. The monoisotopic (exact) mass is 403 g/mol. The second kappa shape index (κ2) is 9.05. The average molecular weight is 404 g/mol. The summed E-state index contributed by atoms with van der Waals surface area (Å²) in [5.41, 5.74) is 6.11. The molecular formula is C20H25N3O4S. The van der Waals surface area contributed by atoms with Gasteiger partial charge in [0.05, 0.1) is 0 Å². The number of hydrogen-bond acceptors (Lipinski definition) is 5. The van der Waals surface area contributed by atoms with E-state index in [0.717, 1.165) is 23.8 Å². The molecule has 3 N–H and O–H groups in total. The van der Waals surface area contributed by atoms with Crippen molar-refractivity contribution in [3.05, 3.63) is 40.2 Å². The molecule has 1 saturated carbocycles. The summed E-state index contributed by atoms with van der Waals surface area (Å²) in [5, 5.41) is 4.44. The number of hydrazine groups is 1. The number of amides is 1. The lowest BCUT2D eigenvalue weighted by molar-refractivity contribution is -0.127. The Labute approximate surface area is 168 Å². The smallest absolute Gasteiger partial charge is 0.336 e. The zero-order valence-corrected chi connectivity index (χ0v) is 16.9. The van der Waals surface area contributed by atoms with Crippen LogP contribution in [0.15, 0.2) is 33.5 Å². The number of ether oxygens (including phenoxy) is 1. The molecule has 1 amide bonds. The average Bonchev–Trinajstić information content (AvgIpc) is 2.66. The molecule has 0 unspecified atom stereocenters. The zero-order valence-electron chi connectivity index (χ0n) is 16.0. The lowest BCUT2D eigenvalue weighted by Gasteiger charge is -2.24. The van der Waals surface area contributed by atoms with Gasteiger partial charge in [-0.25, -0.2) is 4.79 Å². The maximum absolute atomic E-state index is 12.3. The van der Waals surface area contributed by atoms with Gasteiger partial charge in [0, 0.05) is 23.6 Å². The lowest BCUT2D eigenvalue weighted by atomic mass is 9.96. The first-order chi connectivity index (χ1) is 13.4. The van der Waals surface area contributed by atoms with E-state index in [1.807, 2.05) is 6.92 Å². The number of carbonyl (C=O) groups excluding carboxylic acids is 1. The number of fused-ring (bicyclic) bond motifs is 1. The van der Waals surface area contributed by atoms with Crippen LogP contribution in [0.3, 0.4) is 0 Å². The number of thiocarbonyl (C=S) groups is 1. The van der Waals surface area contributed by atoms with Gasteiger partial charge in [-0.3, -0.25) is 15.6 Å². The van der Waals surface area contributed by atoms with Crippen LogP contribution in [-0.2, 0) is 4.79 Å². The molecule has 0 aliphatic heterocycles. The summed E-state index contributed by atoms with van der Waals surface area (Å²) in [4.78, 5) is 23.8. The number of hydrogen-bond donors (Lipinski definition) is 3. The van der Waals surface area contributed by atoms with Crippen molar-refractivity contribution in [2.75, 3.05) is 0 Å². The fourth-order valence-electron chi connectivity index (χ4n) is 3.32. The molecule has 3 rings (SSSR count). The molecule has 1 aliphatic rings. The Morgan fingerprint density at radius 1 is 1.21 bits per heavy atom. The van der Waals surface area contributed by atoms with Crippen molar-refractivity contribution < 1.29 is 13.9 Å². The fraction of sp³-hybridized carbons (Fsp3) is 0.450. The highest BCUT2D eigenvalue weighted by atomic mass is 32.1. The van der Waals surface area contributed by atoms with Gasteiger partial charge in [-0.2, -0.15) is 0 Å². The molecule has 7 nitrogen and oxygen atoms in total. The molecule has 0 bridgehead atoms. The summed E-state index contributed by atoms with van der Waals surface area (Å²) in [6.07, 6.45) is 5.08. The second-order valence-electron chi connectivity index (χ2n) is 7.09. The van der Waals surface area contributed by atoms with Crippen molar-refractivity contribution in [3.8, 4) is 5.75 Å². The Morgan fingerprint density at radius 3 is 2.71 bits per heavy atom. The van der Waals surface area contributed by atoms with Crippen LogP contribution in [-0.4, -0.2) is 23.2 Å². The summed E-state index contributed by atoms with van der Waals surface area (Å²) >= 11 is 5.23. The Balaban J connectivity index is 1.53. The molecule has 0 radical (unpaired) electrons. The molecule has 1 heterocycles. The van der Waals surface area contributed by atoms with Crippen LogP contribution >= 0.6 is 12.2 Å². The van der Waals surface area contributed by atoms with Crippen molar-refractivity contribution in [1.29, 1.82) is 0 Å². The van der Waals surface area contributed by atoms with Crippen LogP contribution in [0.4, 0.5) is 0 Å². The van der Waals surface area contributed by atoms with Crippen molar-refractivity contribution in [3.63, 3.8) is 0 Å². The molecule has 0 saturated heterocycles. The van der Waals surface area contributed by atoms with E-state index in [9.17, 15) is 9.59 Å². The van der Waals surface area contributed by atoms with Gasteiger partial charge in [0.15, 0.2) is 11.2 Å². The number of rotatable bonds is 4. The van der Waals surface area contributed by atoms with Crippen molar-refractivity contribution in [2.24, 2.45) is 0 Å². The quantitative estimate of drug-likeness (QED) is 0.411. The van der Waals surface area contributed by atoms with E-state index in [0.29, 0.717) is 22.5 Å². The molecule has 8 heteroatoms. The number of benzene rings is 1. The molecule has 0 spiro atoms. The fourth-order valence-corrected chi connectivity index (χ4v) is 3.54. The molecule has 1 atom stereocenters. The first kappa shape index (κ1) is 20.1. The number of nitrogens with one attached hydrogen (secondary N) is 3. The van der Waals surface area contributed by atoms with Gasteiger partial charge in [0.25, 0.3) is 5.91 Å². The molecule has 1 aromatic heterocycles. The van der Waals surface area contributed by atoms with E-state index in [1.54, 1.807) is 25.1 Å². The van der Waals surface area contributed by atoms with Crippen LogP contribution in [0.5, 0.6) is 5.75 Å². The Kier molecular flexibility index (Phi) is 6.51. The van der Waals surface area contributed by atoms with E-state index in [4.69, 9.17) is 21.4 Å². The van der Waals surface area contributed by atoms with E-state index in [-0.39, 0.29) is 5.91 Å². The van der Waals surface area contributed by atoms with Crippen LogP contribution in [0.2, 0.25) is 0 Å². The summed E-state index contributed by atoms with van der Waals surface area (Å²) in [5.74, 6) is 0.0744. The van der Waals surface area contributed by atoms with Crippen LogP contribution in [0, 0.1) is 6.92 Å². The van der Waals surface area contributed by atoms with E-state index in [1.165, 1.54) is 25.3 Å². The van der Waals surface area contributed by atoms with Crippen molar-refractivity contribution in [2.45, 2.75) is 58.1 Å². The van der Waals surface area contributed by atoms with Crippen molar-refractivity contribution >= 4 is 34.2 Å². The second-order valence-corrected chi connectivity index (χ2v) is 7.50. The van der Waals surface area contributed by atoms with Gasteiger partial charge in [-0.15, -0.1) is 0 Å². The molecule has 1 aromatic carbocycles. The lowest BCUT2D eigenvalue weighted by Crippen LogP contribution is -2.52. The molecule has 150 valence electrons. The predicted molar refractivity (Wildman–Crippen MR) is 111 cm³/mol. The molecule has 1 fully saturated rings. The standard InChI is InChI=1S/C20H25N3O4S/c1-12-10-18(24)27-17-11-15(8-9-16(12)17)26-13(2)19(25)22-23-20(28)21-14-6-4-3-5-7-14/h8-11,13-14H,3-7H2,1-2H3,(H,22,25)(H2,21,23,28)/t13-/m1/s1. The van der Waals surface area contributed by atoms with Crippen LogP contribution in [0.1, 0.15) is 44.6 Å². The normalized spacial score (nSPS) is 15.6. The van der Waals surface area contributed by atoms with E-state index >= 15 is 0 Å². The Hall–Kier alpha value is -2.61. The summed E-state index contributed by atoms with van der Waals surface area (Å²) in [6.45, 7) is 3.47. The van der Waals surface area contributed by atoms with Gasteiger partial charge >= 0.3 is 5.63 Å². The predicted octanol–water partition coefficient (Wildman–Crippen LogP) is 2.70. The maximum Gasteiger partial charge on any atom is 0.336 e.